The van der Waals surface area contributed by atoms with Crippen molar-refractivity contribution in [1.29, 1.82) is 0 Å². The van der Waals surface area contributed by atoms with Crippen molar-refractivity contribution in [1.82, 2.24) is 5.32 Å². The van der Waals surface area contributed by atoms with Crippen molar-refractivity contribution >= 4 is 0 Å². The minimum absolute atomic E-state index is 0.519. The van der Waals surface area contributed by atoms with E-state index >= 15 is 0 Å². The maximum absolute atomic E-state index is 3.45. The normalized spacial score (nSPS) is 25.5. The molecule has 0 spiro atoms. The Balaban J connectivity index is 2.49. The topological polar surface area (TPSA) is 21.9 Å². The van der Waals surface area contributed by atoms with Crippen LogP contribution >= 0.6 is 0 Å². The van der Waals surface area contributed by atoms with Gasteiger partial charge < -0.3 is 5.32 Å². The van der Waals surface area contributed by atoms with Gasteiger partial charge in [-0.05, 0) is 11.3 Å². The van der Waals surface area contributed by atoms with Gasteiger partial charge in [-0.1, -0.05) is 47.0 Å². The Morgan fingerprint density at radius 1 is 1.42 bits per heavy atom. The summed E-state index contributed by atoms with van der Waals surface area (Å²) < 4.78 is 0. The molecule has 1 heterocycles. The molecule has 0 amide bonds. The van der Waals surface area contributed by atoms with Crippen molar-refractivity contribution in [2.75, 3.05) is 6.54 Å². The largest absolute Gasteiger partial charge is 0.311 e. The molecule has 12 heavy (non-hydrogen) atoms. The first-order chi connectivity index (χ1) is 5.62. The number of hydrogen-bond donors (Lipinski definition) is 1. The predicted octanol–water partition coefficient (Wildman–Crippen LogP) is 2.81. The molecule has 1 rings (SSSR count). The van der Waals surface area contributed by atoms with E-state index in [9.17, 15) is 0 Å². The highest BCUT2D eigenvalue weighted by Crippen LogP contribution is 2.39. The van der Waals surface area contributed by atoms with Gasteiger partial charge in [0.1, 0.15) is 0 Å². The summed E-state index contributed by atoms with van der Waals surface area (Å²) in [5, 5.41) is 3.45. The molecule has 0 aromatic carbocycles. The maximum Gasteiger partial charge on any atom is 0.0246 e. The van der Waals surface area contributed by atoms with Gasteiger partial charge in [0.25, 0.3) is 0 Å². The number of rotatable bonds is 5. The predicted molar refractivity (Wildman–Crippen MR) is 54.3 cm³/mol. The Bertz CT molecular complexity index is 136. The first kappa shape index (κ1) is 10.0. The average Bonchev–Trinajstić information content (AvgIpc) is 2.81. The first-order valence-corrected chi connectivity index (χ1v) is 5.36. The molecule has 1 nitrogen and oxygen atoms in total. The Labute approximate surface area is 76.9 Å². The average molecular weight is 169 g/mol. The summed E-state index contributed by atoms with van der Waals surface area (Å²) in [6, 6.07) is 0.800. The Morgan fingerprint density at radius 2 is 2.00 bits per heavy atom. The third kappa shape index (κ3) is 2.01. The second kappa shape index (κ2) is 3.78. The standard InChI is InChI=1S/C11H23N/c1-5-7-9(6-2)11(3,4)10-8-12-10/h9-10,12H,5-8H2,1-4H3/t9-,10?/m1/s1. The van der Waals surface area contributed by atoms with Crippen LogP contribution in [0.25, 0.3) is 0 Å². The van der Waals surface area contributed by atoms with Crippen molar-refractivity contribution in [3.05, 3.63) is 0 Å². The van der Waals surface area contributed by atoms with Gasteiger partial charge in [-0.15, -0.1) is 0 Å². The lowest BCUT2D eigenvalue weighted by molar-refractivity contribution is 0.187. The van der Waals surface area contributed by atoms with Crippen LogP contribution in [-0.2, 0) is 0 Å². The van der Waals surface area contributed by atoms with Crippen molar-refractivity contribution in [3.8, 4) is 0 Å². The fourth-order valence-electron chi connectivity index (χ4n) is 2.32. The fourth-order valence-corrected chi connectivity index (χ4v) is 2.32. The lowest BCUT2D eigenvalue weighted by atomic mass is 9.72. The molecule has 1 saturated heterocycles. The molecule has 1 aliphatic heterocycles. The molecule has 0 bridgehead atoms. The van der Waals surface area contributed by atoms with Crippen LogP contribution in [0, 0.1) is 11.3 Å². The van der Waals surface area contributed by atoms with Gasteiger partial charge in [0, 0.05) is 12.6 Å². The molecule has 0 radical (unpaired) electrons. The molecule has 1 unspecified atom stereocenters. The molecule has 0 aromatic rings. The second-order valence-corrected chi connectivity index (χ2v) is 4.68. The van der Waals surface area contributed by atoms with Crippen LogP contribution < -0.4 is 5.32 Å². The molecule has 1 heteroatoms. The van der Waals surface area contributed by atoms with E-state index in [0.29, 0.717) is 5.41 Å². The molecule has 1 N–H and O–H groups in total. The molecular weight excluding hydrogens is 146 g/mol. The van der Waals surface area contributed by atoms with Crippen LogP contribution in [0.1, 0.15) is 47.0 Å². The van der Waals surface area contributed by atoms with Gasteiger partial charge in [0.15, 0.2) is 0 Å². The van der Waals surface area contributed by atoms with Crippen molar-refractivity contribution in [2.24, 2.45) is 11.3 Å². The smallest absolute Gasteiger partial charge is 0.0246 e. The lowest BCUT2D eigenvalue weighted by Gasteiger charge is -2.33. The minimum Gasteiger partial charge on any atom is -0.311 e. The van der Waals surface area contributed by atoms with Gasteiger partial charge in [-0.25, -0.2) is 0 Å². The minimum atomic E-state index is 0.519. The molecular formula is C11H23N. The van der Waals surface area contributed by atoms with E-state index < -0.39 is 0 Å². The summed E-state index contributed by atoms with van der Waals surface area (Å²) in [5.41, 5.74) is 0.519. The summed E-state index contributed by atoms with van der Waals surface area (Å²) in [4.78, 5) is 0. The van der Waals surface area contributed by atoms with Crippen LogP contribution in [0.15, 0.2) is 0 Å². The quantitative estimate of drug-likeness (QED) is 0.628. The Kier molecular flexibility index (Phi) is 3.16. The number of nitrogens with one attached hydrogen (secondary N) is 1. The van der Waals surface area contributed by atoms with E-state index in [1.807, 2.05) is 0 Å². The molecule has 0 aromatic heterocycles. The lowest BCUT2D eigenvalue weighted by Crippen LogP contribution is -2.30. The monoisotopic (exact) mass is 169 g/mol. The van der Waals surface area contributed by atoms with E-state index in [1.54, 1.807) is 0 Å². The van der Waals surface area contributed by atoms with Crippen LogP contribution in [0.4, 0.5) is 0 Å². The SMILES string of the molecule is CCC[C@@H](CC)C(C)(C)C1CN1. The molecule has 2 atom stereocenters. The molecule has 1 aliphatic rings. The summed E-state index contributed by atoms with van der Waals surface area (Å²) in [7, 11) is 0. The van der Waals surface area contributed by atoms with Gasteiger partial charge in [0.2, 0.25) is 0 Å². The van der Waals surface area contributed by atoms with Crippen molar-refractivity contribution in [3.63, 3.8) is 0 Å². The zero-order valence-electron chi connectivity index (χ0n) is 8.98. The molecule has 1 fully saturated rings. The summed E-state index contributed by atoms with van der Waals surface area (Å²) in [6.45, 7) is 10.7. The van der Waals surface area contributed by atoms with Crippen molar-refractivity contribution in [2.45, 2.75) is 53.0 Å². The van der Waals surface area contributed by atoms with E-state index in [4.69, 9.17) is 0 Å². The van der Waals surface area contributed by atoms with Crippen LogP contribution in [0.5, 0.6) is 0 Å². The Morgan fingerprint density at radius 3 is 2.33 bits per heavy atom. The molecule has 0 aliphatic carbocycles. The zero-order chi connectivity index (χ0) is 9.19. The highest BCUT2D eigenvalue weighted by atomic mass is 15.1. The molecule has 0 saturated carbocycles. The summed E-state index contributed by atoms with van der Waals surface area (Å²) >= 11 is 0. The van der Waals surface area contributed by atoms with Gasteiger partial charge in [-0.2, -0.15) is 0 Å². The third-order valence-corrected chi connectivity index (χ3v) is 3.49. The van der Waals surface area contributed by atoms with Crippen LogP contribution in [0.3, 0.4) is 0 Å². The highest BCUT2D eigenvalue weighted by Gasteiger charge is 2.41. The van der Waals surface area contributed by atoms with Gasteiger partial charge >= 0.3 is 0 Å². The number of hydrogen-bond acceptors (Lipinski definition) is 1. The maximum atomic E-state index is 3.45. The first-order valence-electron chi connectivity index (χ1n) is 5.36. The Hall–Kier alpha value is -0.0400. The van der Waals surface area contributed by atoms with Gasteiger partial charge in [-0.3, -0.25) is 0 Å². The summed E-state index contributed by atoms with van der Waals surface area (Å²) in [5.74, 6) is 0.905. The van der Waals surface area contributed by atoms with Gasteiger partial charge in [0.05, 0.1) is 0 Å². The zero-order valence-corrected chi connectivity index (χ0v) is 8.98. The third-order valence-electron chi connectivity index (χ3n) is 3.49. The van der Waals surface area contributed by atoms with Crippen molar-refractivity contribution < 1.29 is 0 Å². The summed E-state index contributed by atoms with van der Waals surface area (Å²) in [6.07, 6.45) is 4.05. The van der Waals surface area contributed by atoms with E-state index in [0.717, 1.165) is 12.0 Å². The fraction of sp³-hybridized carbons (Fsp3) is 1.00. The highest BCUT2D eigenvalue weighted by molar-refractivity contribution is 4.98. The second-order valence-electron chi connectivity index (χ2n) is 4.68. The van der Waals surface area contributed by atoms with Crippen LogP contribution in [0.2, 0.25) is 0 Å². The van der Waals surface area contributed by atoms with E-state index in [-0.39, 0.29) is 0 Å². The van der Waals surface area contributed by atoms with Crippen LogP contribution in [-0.4, -0.2) is 12.6 Å². The van der Waals surface area contributed by atoms with E-state index in [1.165, 1.54) is 25.8 Å². The van der Waals surface area contributed by atoms with E-state index in [2.05, 4.69) is 33.0 Å². The molecule has 72 valence electrons.